The van der Waals surface area contributed by atoms with Crippen molar-refractivity contribution in [3.05, 3.63) is 83.3 Å². The highest BCUT2D eigenvalue weighted by Crippen LogP contribution is 2.12. The maximum atomic E-state index is 12.1. The molecule has 1 heterocycles. The van der Waals surface area contributed by atoms with Gasteiger partial charge in [-0.25, -0.2) is 9.97 Å². The molecule has 25 heavy (non-hydrogen) atoms. The summed E-state index contributed by atoms with van der Waals surface area (Å²) in [7, 11) is 0. The highest BCUT2D eigenvalue weighted by Gasteiger charge is 2.07. The molecule has 0 aliphatic heterocycles. The molecule has 0 saturated carbocycles. The van der Waals surface area contributed by atoms with Crippen molar-refractivity contribution in [2.45, 2.75) is 6.42 Å². The van der Waals surface area contributed by atoms with Gasteiger partial charge in [-0.2, -0.15) is 0 Å². The number of para-hydroxylation sites is 1. The minimum atomic E-state index is -0.243. The number of carbonyl (C=O) groups is 1. The number of rotatable bonds is 6. The predicted molar refractivity (Wildman–Crippen MR) is 99.2 cm³/mol. The third-order valence-electron chi connectivity index (χ3n) is 3.54. The monoisotopic (exact) mass is 352 g/mol. The van der Waals surface area contributed by atoms with Crippen LogP contribution in [-0.4, -0.2) is 22.4 Å². The van der Waals surface area contributed by atoms with Crippen LogP contribution in [0.15, 0.2) is 67.0 Å². The van der Waals surface area contributed by atoms with E-state index >= 15 is 0 Å². The molecule has 126 valence electrons. The summed E-state index contributed by atoms with van der Waals surface area (Å²) >= 11 is 5.85. The third-order valence-corrected chi connectivity index (χ3v) is 3.80. The second-order valence-electron chi connectivity index (χ2n) is 5.41. The summed E-state index contributed by atoms with van der Waals surface area (Å²) in [6.07, 6.45) is 3.73. The molecule has 1 aromatic heterocycles. The van der Waals surface area contributed by atoms with Crippen molar-refractivity contribution in [1.82, 2.24) is 15.3 Å². The van der Waals surface area contributed by atoms with Crippen LogP contribution in [0.3, 0.4) is 0 Å². The molecule has 0 spiro atoms. The first-order valence-corrected chi connectivity index (χ1v) is 8.25. The van der Waals surface area contributed by atoms with Gasteiger partial charge in [0.15, 0.2) is 0 Å². The molecule has 0 fully saturated rings. The minimum Gasteiger partial charge on any atom is -0.350 e. The van der Waals surface area contributed by atoms with E-state index in [9.17, 15) is 4.79 Å². The highest BCUT2D eigenvalue weighted by atomic mass is 35.5. The molecule has 0 bridgehead atoms. The summed E-state index contributed by atoms with van der Waals surface area (Å²) in [5, 5.41) is 6.66. The maximum Gasteiger partial charge on any atom is 0.271 e. The molecule has 0 aliphatic carbocycles. The van der Waals surface area contributed by atoms with E-state index in [0.717, 1.165) is 17.7 Å². The van der Waals surface area contributed by atoms with Crippen LogP contribution in [0.2, 0.25) is 5.02 Å². The van der Waals surface area contributed by atoms with Gasteiger partial charge >= 0.3 is 0 Å². The Labute approximate surface area is 151 Å². The van der Waals surface area contributed by atoms with Gasteiger partial charge in [0, 0.05) is 17.3 Å². The first-order valence-electron chi connectivity index (χ1n) is 7.87. The lowest BCUT2D eigenvalue weighted by atomic mass is 10.1. The normalized spacial score (nSPS) is 10.3. The highest BCUT2D eigenvalue weighted by molar-refractivity contribution is 6.30. The molecule has 5 nitrogen and oxygen atoms in total. The number of nitrogens with zero attached hydrogens (tertiary/aromatic N) is 2. The lowest BCUT2D eigenvalue weighted by Gasteiger charge is -2.07. The molecule has 3 aromatic rings. The molecule has 2 aromatic carbocycles. The number of nitrogens with one attached hydrogen (secondary N) is 2. The van der Waals surface area contributed by atoms with E-state index in [4.69, 9.17) is 11.6 Å². The fraction of sp³-hybridized carbons (Fsp3) is 0.105. The van der Waals surface area contributed by atoms with E-state index in [0.29, 0.717) is 17.4 Å². The Morgan fingerprint density at radius 1 is 0.960 bits per heavy atom. The van der Waals surface area contributed by atoms with Crippen LogP contribution >= 0.6 is 11.6 Å². The van der Waals surface area contributed by atoms with E-state index in [2.05, 4.69) is 20.6 Å². The number of amides is 1. The molecule has 3 rings (SSSR count). The Bertz CT molecular complexity index is 820. The Kier molecular flexibility index (Phi) is 5.59. The van der Waals surface area contributed by atoms with Crippen molar-refractivity contribution in [3.63, 3.8) is 0 Å². The minimum absolute atomic E-state index is 0.243. The van der Waals surface area contributed by atoms with Gasteiger partial charge in [-0.1, -0.05) is 41.9 Å². The largest absolute Gasteiger partial charge is 0.350 e. The SMILES string of the molecule is O=C(NCCc1ccc(Cl)cc1)c1cnc(Nc2ccccc2)cn1. The van der Waals surface area contributed by atoms with Crippen LogP contribution in [-0.2, 0) is 6.42 Å². The Balaban J connectivity index is 1.51. The van der Waals surface area contributed by atoms with Gasteiger partial charge in [-0.15, -0.1) is 0 Å². The summed E-state index contributed by atoms with van der Waals surface area (Å²) < 4.78 is 0. The van der Waals surface area contributed by atoms with Crippen LogP contribution in [0.25, 0.3) is 0 Å². The Morgan fingerprint density at radius 3 is 2.40 bits per heavy atom. The molecular formula is C19H17ClN4O. The van der Waals surface area contributed by atoms with Gasteiger partial charge in [0.1, 0.15) is 11.5 Å². The second-order valence-corrected chi connectivity index (χ2v) is 5.85. The van der Waals surface area contributed by atoms with Crippen molar-refractivity contribution < 1.29 is 4.79 Å². The quantitative estimate of drug-likeness (QED) is 0.707. The standard InChI is InChI=1S/C19H17ClN4O/c20-15-8-6-14(7-9-15)10-11-21-19(25)17-12-23-18(13-22-17)24-16-4-2-1-3-5-16/h1-9,12-13H,10-11H2,(H,21,25)(H,23,24). The molecular weight excluding hydrogens is 336 g/mol. The average Bonchev–Trinajstić information content (AvgIpc) is 2.65. The van der Waals surface area contributed by atoms with Crippen molar-refractivity contribution in [2.75, 3.05) is 11.9 Å². The third kappa shape index (κ3) is 5.02. The zero-order valence-corrected chi connectivity index (χ0v) is 14.2. The van der Waals surface area contributed by atoms with Crippen LogP contribution in [0.1, 0.15) is 16.1 Å². The number of halogens is 1. The van der Waals surface area contributed by atoms with Crippen LogP contribution in [0, 0.1) is 0 Å². The van der Waals surface area contributed by atoms with Crippen molar-refractivity contribution >= 4 is 29.0 Å². The summed E-state index contributed by atoms with van der Waals surface area (Å²) in [4.78, 5) is 20.5. The Morgan fingerprint density at radius 2 is 1.72 bits per heavy atom. The molecule has 0 saturated heterocycles. The molecule has 6 heteroatoms. The summed E-state index contributed by atoms with van der Waals surface area (Å²) in [5.74, 6) is 0.344. The van der Waals surface area contributed by atoms with Gasteiger partial charge in [-0.05, 0) is 36.2 Å². The molecule has 0 aliphatic rings. The summed E-state index contributed by atoms with van der Waals surface area (Å²) in [6.45, 7) is 0.520. The lowest BCUT2D eigenvalue weighted by molar-refractivity contribution is 0.0949. The number of hydrogen-bond acceptors (Lipinski definition) is 4. The van der Waals surface area contributed by atoms with E-state index in [1.165, 1.54) is 6.20 Å². The molecule has 1 amide bonds. The number of carbonyl (C=O) groups excluding carboxylic acids is 1. The number of aromatic nitrogens is 2. The van der Waals surface area contributed by atoms with E-state index in [1.54, 1.807) is 6.20 Å². The fourth-order valence-electron chi connectivity index (χ4n) is 2.24. The van der Waals surface area contributed by atoms with Crippen LogP contribution in [0.4, 0.5) is 11.5 Å². The van der Waals surface area contributed by atoms with Gasteiger partial charge in [-0.3, -0.25) is 4.79 Å². The number of benzene rings is 2. The van der Waals surface area contributed by atoms with Gasteiger partial charge in [0.25, 0.3) is 5.91 Å². The van der Waals surface area contributed by atoms with Crippen LogP contribution < -0.4 is 10.6 Å². The fourth-order valence-corrected chi connectivity index (χ4v) is 2.37. The summed E-state index contributed by atoms with van der Waals surface area (Å²) in [6, 6.07) is 17.2. The van der Waals surface area contributed by atoms with E-state index in [-0.39, 0.29) is 11.6 Å². The average molecular weight is 353 g/mol. The zero-order chi connectivity index (χ0) is 17.5. The lowest BCUT2D eigenvalue weighted by Crippen LogP contribution is -2.26. The molecule has 0 unspecified atom stereocenters. The van der Waals surface area contributed by atoms with E-state index < -0.39 is 0 Å². The summed E-state index contributed by atoms with van der Waals surface area (Å²) in [5.41, 5.74) is 2.31. The molecule has 2 N–H and O–H groups in total. The first-order chi connectivity index (χ1) is 12.2. The van der Waals surface area contributed by atoms with Crippen molar-refractivity contribution in [2.24, 2.45) is 0 Å². The van der Waals surface area contributed by atoms with Crippen molar-refractivity contribution in [3.8, 4) is 0 Å². The van der Waals surface area contributed by atoms with Gasteiger partial charge in [0.2, 0.25) is 0 Å². The van der Waals surface area contributed by atoms with E-state index in [1.807, 2.05) is 54.6 Å². The van der Waals surface area contributed by atoms with Crippen molar-refractivity contribution in [1.29, 1.82) is 0 Å². The zero-order valence-electron chi connectivity index (χ0n) is 13.4. The Hall–Kier alpha value is -2.92. The number of anilines is 2. The number of hydrogen-bond donors (Lipinski definition) is 2. The topological polar surface area (TPSA) is 66.9 Å². The molecule has 0 radical (unpaired) electrons. The molecule has 0 atom stereocenters. The van der Waals surface area contributed by atoms with Gasteiger partial charge in [0.05, 0.1) is 12.4 Å². The van der Waals surface area contributed by atoms with Gasteiger partial charge < -0.3 is 10.6 Å². The maximum absolute atomic E-state index is 12.1. The van der Waals surface area contributed by atoms with Crippen LogP contribution in [0.5, 0.6) is 0 Å². The first kappa shape index (κ1) is 16.9. The predicted octanol–water partition coefficient (Wildman–Crippen LogP) is 3.85. The second kappa shape index (κ2) is 8.26. The smallest absolute Gasteiger partial charge is 0.271 e.